The third-order valence-corrected chi connectivity index (χ3v) is 2.17. The monoisotopic (exact) mass is 217 g/mol. The van der Waals surface area contributed by atoms with E-state index >= 15 is 0 Å². The quantitative estimate of drug-likeness (QED) is 0.809. The zero-order chi connectivity index (χ0) is 12.2. The zero-order valence-electron chi connectivity index (χ0n) is 10.4. The number of amides is 1. The molecule has 16 heavy (non-hydrogen) atoms. The molecular weight excluding hydrogens is 198 g/mol. The topological polar surface area (TPSA) is 29.1 Å². The molecular formula is C14H19NO. The fourth-order valence-corrected chi connectivity index (χ4v) is 1.20. The highest BCUT2D eigenvalue weighted by Crippen LogP contribution is 2.14. The Kier molecular flexibility index (Phi) is 3.88. The van der Waals surface area contributed by atoms with Gasteiger partial charge >= 0.3 is 0 Å². The molecule has 86 valence electrons. The van der Waals surface area contributed by atoms with Gasteiger partial charge in [0.2, 0.25) is 5.91 Å². The van der Waals surface area contributed by atoms with Gasteiger partial charge in [-0.1, -0.05) is 51.1 Å². The Morgan fingerprint density at radius 3 is 2.25 bits per heavy atom. The van der Waals surface area contributed by atoms with E-state index in [0.29, 0.717) is 0 Å². The van der Waals surface area contributed by atoms with Crippen molar-refractivity contribution in [3.63, 3.8) is 0 Å². The minimum absolute atomic E-state index is 0.0391. The smallest absolute Gasteiger partial charge is 0.229 e. The second-order valence-electron chi connectivity index (χ2n) is 4.94. The second kappa shape index (κ2) is 4.97. The van der Waals surface area contributed by atoms with Crippen LogP contribution in [0.5, 0.6) is 0 Å². The molecule has 0 aliphatic rings. The van der Waals surface area contributed by atoms with Crippen LogP contribution >= 0.6 is 0 Å². The van der Waals surface area contributed by atoms with Gasteiger partial charge in [0.1, 0.15) is 0 Å². The van der Waals surface area contributed by atoms with Gasteiger partial charge in [-0.05, 0) is 18.6 Å². The number of allylic oxidation sites excluding steroid dienone is 1. The van der Waals surface area contributed by atoms with E-state index in [-0.39, 0.29) is 11.3 Å². The van der Waals surface area contributed by atoms with Crippen molar-refractivity contribution in [2.45, 2.75) is 27.7 Å². The Morgan fingerprint density at radius 2 is 1.75 bits per heavy atom. The van der Waals surface area contributed by atoms with Crippen molar-refractivity contribution in [1.82, 2.24) is 5.32 Å². The Hall–Kier alpha value is -1.57. The van der Waals surface area contributed by atoms with Crippen molar-refractivity contribution in [2.24, 2.45) is 5.41 Å². The fourth-order valence-electron chi connectivity index (χ4n) is 1.20. The summed E-state index contributed by atoms with van der Waals surface area (Å²) < 4.78 is 0. The first-order valence-electron chi connectivity index (χ1n) is 5.44. The van der Waals surface area contributed by atoms with Gasteiger partial charge in [0, 0.05) is 11.1 Å². The van der Waals surface area contributed by atoms with Crippen molar-refractivity contribution in [2.75, 3.05) is 0 Å². The Morgan fingerprint density at radius 1 is 1.19 bits per heavy atom. The lowest BCUT2D eigenvalue weighted by Crippen LogP contribution is -2.33. The molecule has 2 heteroatoms. The summed E-state index contributed by atoms with van der Waals surface area (Å²) in [5.41, 5.74) is 1.60. The number of carbonyl (C=O) groups excluding carboxylic acids is 1. The first kappa shape index (κ1) is 12.5. The van der Waals surface area contributed by atoms with E-state index < -0.39 is 0 Å². The molecule has 0 radical (unpaired) electrons. The van der Waals surface area contributed by atoms with Crippen molar-refractivity contribution in [3.8, 4) is 0 Å². The minimum Gasteiger partial charge on any atom is -0.330 e. The Balaban J connectivity index is 2.70. The van der Waals surface area contributed by atoms with Gasteiger partial charge in [0.15, 0.2) is 0 Å². The van der Waals surface area contributed by atoms with Crippen LogP contribution in [0, 0.1) is 5.41 Å². The lowest BCUT2D eigenvalue weighted by Gasteiger charge is -2.17. The molecule has 2 nitrogen and oxygen atoms in total. The van der Waals surface area contributed by atoms with Gasteiger partial charge in [-0.3, -0.25) is 4.79 Å². The summed E-state index contributed by atoms with van der Waals surface area (Å²) in [6.45, 7) is 7.60. The van der Waals surface area contributed by atoms with Gasteiger partial charge in [-0.15, -0.1) is 0 Å². The van der Waals surface area contributed by atoms with Crippen LogP contribution in [0.4, 0.5) is 0 Å². The molecule has 0 heterocycles. The van der Waals surface area contributed by atoms with Crippen LogP contribution in [0.25, 0.3) is 6.08 Å². The van der Waals surface area contributed by atoms with E-state index in [4.69, 9.17) is 0 Å². The fraction of sp³-hybridized carbons (Fsp3) is 0.357. The average Bonchev–Trinajstić information content (AvgIpc) is 2.17. The molecule has 1 rings (SSSR count). The van der Waals surface area contributed by atoms with E-state index in [1.54, 1.807) is 0 Å². The first-order valence-corrected chi connectivity index (χ1v) is 5.44. The van der Waals surface area contributed by atoms with Crippen LogP contribution in [0.15, 0.2) is 36.0 Å². The van der Waals surface area contributed by atoms with Gasteiger partial charge < -0.3 is 5.32 Å². The highest BCUT2D eigenvalue weighted by molar-refractivity contribution is 5.83. The SMILES string of the molecule is C/C(=C/c1ccccc1)NC(=O)C(C)(C)C. The van der Waals surface area contributed by atoms with Gasteiger partial charge in [0.05, 0.1) is 0 Å². The molecule has 0 aromatic heterocycles. The summed E-state index contributed by atoms with van der Waals surface area (Å²) in [6, 6.07) is 9.94. The lowest BCUT2D eigenvalue weighted by atomic mass is 9.95. The maximum absolute atomic E-state index is 11.7. The molecule has 0 bridgehead atoms. The van der Waals surface area contributed by atoms with Crippen molar-refractivity contribution >= 4 is 12.0 Å². The predicted molar refractivity (Wildman–Crippen MR) is 67.7 cm³/mol. The summed E-state index contributed by atoms with van der Waals surface area (Å²) in [5.74, 6) is 0.0391. The number of carbonyl (C=O) groups is 1. The van der Waals surface area contributed by atoms with E-state index in [1.807, 2.05) is 64.1 Å². The molecule has 0 atom stereocenters. The van der Waals surface area contributed by atoms with Crippen LogP contribution in [0.3, 0.4) is 0 Å². The predicted octanol–water partition coefficient (Wildman–Crippen LogP) is 3.21. The van der Waals surface area contributed by atoms with E-state index in [9.17, 15) is 4.79 Å². The highest BCUT2D eigenvalue weighted by Gasteiger charge is 2.20. The highest BCUT2D eigenvalue weighted by atomic mass is 16.2. The second-order valence-corrected chi connectivity index (χ2v) is 4.94. The van der Waals surface area contributed by atoms with Gasteiger partial charge in [-0.2, -0.15) is 0 Å². The number of rotatable bonds is 2. The molecule has 0 unspecified atom stereocenters. The molecule has 0 saturated carbocycles. The molecule has 0 saturated heterocycles. The molecule has 0 aliphatic heterocycles. The molecule has 1 aromatic rings. The standard InChI is InChI=1S/C14H19NO/c1-11(15-13(16)14(2,3)4)10-12-8-6-5-7-9-12/h5-10H,1-4H3,(H,15,16)/b11-10-. The summed E-state index contributed by atoms with van der Waals surface area (Å²) in [4.78, 5) is 11.7. The maximum atomic E-state index is 11.7. The summed E-state index contributed by atoms with van der Waals surface area (Å²) in [6.07, 6.45) is 1.96. The van der Waals surface area contributed by atoms with Crippen molar-refractivity contribution in [1.29, 1.82) is 0 Å². The van der Waals surface area contributed by atoms with Gasteiger partial charge in [0.25, 0.3) is 0 Å². The van der Waals surface area contributed by atoms with E-state index in [1.165, 1.54) is 0 Å². The lowest BCUT2D eigenvalue weighted by molar-refractivity contribution is -0.127. The summed E-state index contributed by atoms with van der Waals surface area (Å²) in [5, 5.41) is 2.89. The Labute approximate surface area is 97.4 Å². The van der Waals surface area contributed by atoms with E-state index in [2.05, 4.69) is 5.32 Å². The summed E-state index contributed by atoms with van der Waals surface area (Å²) >= 11 is 0. The van der Waals surface area contributed by atoms with Gasteiger partial charge in [-0.25, -0.2) is 0 Å². The van der Waals surface area contributed by atoms with E-state index in [0.717, 1.165) is 11.3 Å². The molecule has 0 spiro atoms. The third kappa shape index (κ3) is 3.89. The van der Waals surface area contributed by atoms with Crippen LogP contribution in [0.2, 0.25) is 0 Å². The van der Waals surface area contributed by atoms with Crippen LogP contribution in [-0.4, -0.2) is 5.91 Å². The minimum atomic E-state index is -0.355. The largest absolute Gasteiger partial charge is 0.330 e. The van der Waals surface area contributed by atoms with Crippen molar-refractivity contribution in [3.05, 3.63) is 41.6 Å². The number of hydrogen-bond donors (Lipinski definition) is 1. The number of nitrogens with one attached hydrogen (secondary N) is 1. The maximum Gasteiger partial charge on any atom is 0.229 e. The third-order valence-electron chi connectivity index (χ3n) is 2.17. The zero-order valence-corrected chi connectivity index (χ0v) is 10.4. The molecule has 1 amide bonds. The molecule has 0 fully saturated rings. The first-order chi connectivity index (χ1) is 7.39. The number of hydrogen-bond acceptors (Lipinski definition) is 1. The Bertz CT molecular complexity index is 385. The van der Waals surface area contributed by atoms with Crippen molar-refractivity contribution < 1.29 is 4.79 Å². The molecule has 1 N–H and O–H groups in total. The summed E-state index contributed by atoms with van der Waals surface area (Å²) in [7, 11) is 0. The van der Waals surface area contributed by atoms with Crippen LogP contribution < -0.4 is 5.32 Å². The molecule has 0 aliphatic carbocycles. The van der Waals surface area contributed by atoms with Crippen LogP contribution in [-0.2, 0) is 4.79 Å². The normalized spacial score (nSPS) is 12.4. The number of benzene rings is 1. The van der Waals surface area contributed by atoms with Crippen LogP contribution in [0.1, 0.15) is 33.3 Å². The average molecular weight is 217 g/mol. The molecule has 1 aromatic carbocycles.